The Hall–Kier alpha value is -3.21. The fraction of sp³-hybridized carbons (Fsp3) is 0.400. The Kier molecular flexibility index (Phi) is 4.85. The highest BCUT2D eigenvalue weighted by Gasteiger charge is 2.50. The number of sulfonamides is 1. The molecule has 1 aliphatic rings. The summed E-state index contributed by atoms with van der Waals surface area (Å²) in [6.07, 6.45) is 6.84. The first-order valence-electron chi connectivity index (χ1n) is 9.56. The molecule has 1 saturated heterocycles. The van der Waals surface area contributed by atoms with Crippen molar-refractivity contribution in [2.75, 3.05) is 18.8 Å². The average molecular weight is 424 g/mol. The zero-order valence-corrected chi connectivity index (χ0v) is 17.5. The third kappa shape index (κ3) is 3.24. The van der Waals surface area contributed by atoms with Gasteiger partial charge >= 0.3 is 0 Å². The summed E-state index contributed by atoms with van der Waals surface area (Å²) in [6.45, 7) is 4.14. The zero-order valence-electron chi connectivity index (χ0n) is 16.7. The van der Waals surface area contributed by atoms with Gasteiger partial charge in [-0.1, -0.05) is 13.8 Å². The SMILES string of the molecule is CC(C)CS(=O)(=O)N1CC(CC#N)(n2cc(-c3c(C#N)cnc4[nH]ccc34)cn2)C1. The zero-order chi connectivity index (χ0) is 21.5. The van der Waals surface area contributed by atoms with E-state index in [9.17, 15) is 18.9 Å². The quantitative estimate of drug-likeness (QED) is 0.646. The molecule has 0 bridgehead atoms. The van der Waals surface area contributed by atoms with Crippen molar-refractivity contribution in [1.82, 2.24) is 24.1 Å². The molecule has 0 aromatic carbocycles. The number of hydrogen-bond donors (Lipinski definition) is 1. The van der Waals surface area contributed by atoms with Crippen molar-refractivity contribution >= 4 is 21.1 Å². The normalized spacial score (nSPS) is 16.3. The van der Waals surface area contributed by atoms with Gasteiger partial charge in [0.2, 0.25) is 10.0 Å². The molecule has 3 aromatic rings. The maximum Gasteiger partial charge on any atom is 0.214 e. The predicted octanol–water partition coefficient (Wildman–Crippen LogP) is 2.21. The summed E-state index contributed by atoms with van der Waals surface area (Å²) in [5, 5.41) is 24.2. The third-order valence-corrected chi connectivity index (χ3v) is 7.48. The Morgan fingerprint density at radius 1 is 1.30 bits per heavy atom. The first-order valence-corrected chi connectivity index (χ1v) is 11.2. The van der Waals surface area contributed by atoms with E-state index in [0.29, 0.717) is 16.8 Å². The molecular formula is C20H21N7O2S. The maximum absolute atomic E-state index is 12.5. The molecule has 1 aliphatic heterocycles. The summed E-state index contributed by atoms with van der Waals surface area (Å²) in [5.41, 5.74) is 1.81. The fourth-order valence-corrected chi connectivity index (χ4v) is 5.86. The second-order valence-corrected chi connectivity index (χ2v) is 10.1. The van der Waals surface area contributed by atoms with E-state index in [0.717, 1.165) is 10.9 Å². The van der Waals surface area contributed by atoms with Gasteiger partial charge < -0.3 is 4.98 Å². The van der Waals surface area contributed by atoms with E-state index in [-0.39, 0.29) is 31.2 Å². The minimum absolute atomic E-state index is 0.0251. The second kappa shape index (κ2) is 7.24. The Labute approximate surface area is 174 Å². The number of rotatable bonds is 6. The van der Waals surface area contributed by atoms with Crippen molar-refractivity contribution in [2.24, 2.45) is 5.92 Å². The Balaban J connectivity index is 1.69. The molecule has 0 atom stereocenters. The summed E-state index contributed by atoms with van der Waals surface area (Å²) in [5.74, 6) is 0.103. The van der Waals surface area contributed by atoms with Crippen molar-refractivity contribution < 1.29 is 8.42 Å². The number of nitriles is 2. The van der Waals surface area contributed by atoms with Crippen LogP contribution in [0.15, 0.2) is 30.9 Å². The number of pyridine rings is 1. The molecule has 3 aromatic heterocycles. The van der Waals surface area contributed by atoms with E-state index < -0.39 is 15.6 Å². The van der Waals surface area contributed by atoms with Crippen LogP contribution in [0, 0.1) is 28.6 Å². The Morgan fingerprint density at radius 2 is 2.07 bits per heavy atom. The van der Waals surface area contributed by atoms with Crippen LogP contribution in [0.25, 0.3) is 22.2 Å². The standard InChI is InChI=1S/C20H21N7O2S/c1-14(2)11-30(28,29)26-12-20(13-26,4-5-21)27-10-16(9-25-27)18-15(7-22)8-24-19-17(18)3-6-23-19/h3,6,8-10,14H,4,11-13H2,1-2H3,(H,23,24). The molecule has 1 N–H and O–H groups in total. The molecule has 4 heterocycles. The lowest BCUT2D eigenvalue weighted by Crippen LogP contribution is -2.64. The molecule has 4 rings (SSSR count). The van der Waals surface area contributed by atoms with Gasteiger partial charge in [-0.05, 0) is 12.0 Å². The van der Waals surface area contributed by atoms with Crippen LogP contribution in [0.3, 0.4) is 0 Å². The topological polar surface area (TPSA) is 131 Å². The number of nitrogens with zero attached hydrogens (tertiary/aromatic N) is 6. The molecule has 10 heteroatoms. The van der Waals surface area contributed by atoms with E-state index >= 15 is 0 Å². The third-order valence-electron chi connectivity index (χ3n) is 5.35. The van der Waals surface area contributed by atoms with Gasteiger partial charge in [0.1, 0.15) is 17.3 Å². The lowest BCUT2D eigenvalue weighted by Gasteiger charge is -2.48. The van der Waals surface area contributed by atoms with Gasteiger partial charge in [-0.2, -0.15) is 19.9 Å². The predicted molar refractivity (Wildman–Crippen MR) is 110 cm³/mol. The molecule has 0 radical (unpaired) electrons. The smallest absolute Gasteiger partial charge is 0.214 e. The lowest BCUT2D eigenvalue weighted by atomic mass is 9.89. The largest absolute Gasteiger partial charge is 0.346 e. The highest BCUT2D eigenvalue weighted by molar-refractivity contribution is 7.89. The molecule has 0 amide bonds. The number of aromatic amines is 1. The molecule has 154 valence electrons. The van der Waals surface area contributed by atoms with Crippen molar-refractivity contribution in [1.29, 1.82) is 10.5 Å². The summed E-state index contributed by atoms with van der Waals surface area (Å²) >= 11 is 0. The molecular weight excluding hydrogens is 402 g/mol. The summed E-state index contributed by atoms with van der Waals surface area (Å²) < 4.78 is 28.2. The van der Waals surface area contributed by atoms with E-state index in [2.05, 4.69) is 27.2 Å². The Morgan fingerprint density at radius 3 is 2.73 bits per heavy atom. The van der Waals surface area contributed by atoms with Crippen LogP contribution in [-0.2, 0) is 15.6 Å². The molecule has 0 saturated carbocycles. The highest BCUT2D eigenvalue weighted by atomic mass is 32.2. The van der Waals surface area contributed by atoms with E-state index in [1.54, 1.807) is 23.3 Å². The van der Waals surface area contributed by atoms with Gasteiger partial charge in [0.25, 0.3) is 0 Å². The molecule has 0 unspecified atom stereocenters. The average Bonchev–Trinajstić information content (AvgIpc) is 3.31. The number of nitrogens with one attached hydrogen (secondary N) is 1. The minimum Gasteiger partial charge on any atom is -0.346 e. The second-order valence-electron chi connectivity index (χ2n) is 8.07. The minimum atomic E-state index is -3.37. The molecule has 1 fully saturated rings. The van der Waals surface area contributed by atoms with Crippen molar-refractivity contribution in [2.45, 2.75) is 25.8 Å². The van der Waals surface area contributed by atoms with Gasteiger partial charge in [0, 0.05) is 48.2 Å². The van der Waals surface area contributed by atoms with Gasteiger partial charge in [-0.25, -0.2) is 13.4 Å². The summed E-state index contributed by atoms with van der Waals surface area (Å²) in [4.78, 5) is 7.28. The first kappa shape index (κ1) is 20.1. The van der Waals surface area contributed by atoms with E-state index in [1.165, 1.54) is 10.5 Å². The van der Waals surface area contributed by atoms with Crippen molar-refractivity contribution in [3.05, 3.63) is 36.4 Å². The molecule has 0 aliphatic carbocycles. The van der Waals surface area contributed by atoms with Crippen LogP contribution in [-0.4, -0.2) is 51.3 Å². The summed E-state index contributed by atoms with van der Waals surface area (Å²) in [6, 6.07) is 6.19. The number of H-pyrrole nitrogens is 1. The van der Waals surface area contributed by atoms with Gasteiger partial charge in [0.15, 0.2) is 0 Å². The number of hydrogen-bond acceptors (Lipinski definition) is 6. The maximum atomic E-state index is 12.5. The Bertz CT molecular complexity index is 1280. The van der Waals surface area contributed by atoms with Crippen LogP contribution < -0.4 is 0 Å². The van der Waals surface area contributed by atoms with Crippen LogP contribution in [0.5, 0.6) is 0 Å². The molecule has 9 nitrogen and oxygen atoms in total. The number of aromatic nitrogens is 4. The van der Waals surface area contributed by atoms with Crippen LogP contribution in [0.2, 0.25) is 0 Å². The van der Waals surface area contributed by atoms with Crippen LogP contribution >= 0.6 is 0 Å². The molecule has 0 spiro atoms. The van der Waals surface area contributed by atoms with Crippen LogP contribution in [0.1, 0.15) is 25.8 Å². The highest BCUT2D eigenvalue weighted by Crippen LogP contribution is 2.37. The number of fused-ring (bicyclic) bond motifs is 1. The van der Waals surface area contributed by atoms with Gasteiger partial charge in [0.05, 0.1) is 30.0 Å². The monoisotopic (exact) mass is 423 g/mol. The van der Waals surface area contributed by atoms with Crippen LogP contribution in [0.4, 0.5) is 0 Å². The summed E-state index contributed by atoms with van der Waals surface area (Å²) in [7, 11) is -3.37. The van der Waals surface area contributed by atoms with Crippen molar-refractivity contribution in [3.63, 3.8) is 0 Å². The van der Waals surface area contributed by atoms with Gasteiger partial charge in [-0.3, -0.25) is 4.68 Å². The fourth-order valence-electron chi connectivity index (χ4n) is 3.93. The van der Waals surface area contributed by atoms with E-state index in [1.807, 2.05) is 19.9 Å². The van der Waals surface area contributed by atoms with E-state index in [4.69, 9.17) is 0 Å². The van der Waals surface area contributed by atoms with Gasteiger partial charge in [-0.15, -0.1) is 0 Å². The molecule has 30 heavy (non-hydrogen) atoms. The van der Waals surface area contributed by atoms with Crippen molar-refractivity contribution in [3.8, 4) is 23.3 Å². The first-order chi connectivity index (χ1) is 14.3. The lowest BCUT2D eigenvalue weighted by molar-refractivity contribution is 0.0715.